The maximum atomic E-state index is 12.7. The Morgan fingerprint density at radius 1 is 0.367 bits per heavy atom. The molecule has 6 heteroatoms. The van der Waals surface area contributed by atoms with Gasteiger partial charge in [0.25, 0.3) is 0 Å². The van der Waals surface area contributed by atoms with E-state index in [0.29, 0.717) is 19.3 Å². The van der Waals surface area contributed by atoms with E-state index < -0.39 is 12.1 Å². The summed E-state index contributed by atoms with van der Waals surface area (Å²) in [5.74, 6) is -1.07. The number of esters is 3. The van der Waals surface area contributed by atoms with E-state index in [9.17, 15) is 14.4 Å². The first-order valence-corrected chi connectivity index (χ1v) is 24.7. The van der Waals surface area contributed by atoms with Gasteiger partial charge in [0.1, 0.15) is 13.2 Å². The maximum Gasteiger partial charge on any atom is 0.306 e. The number of allylic oxidation sites excluding steroid dienone is 14. The van der Waals surface area contributed by atoms with Crippen molar-refractivity contribution in [1.29, 1.82) is 0 Å². The van der Waals surface area contributed by atoms with E-state index in [1.807, 2.05) is 60.8 Å². The van der Waals surface area contributed by atoms with Crippen molar-refractivity contribution in [2.45, 2.75) is 226 Å². The summed E-state index contributed by atoms with van der Waals surface area (Å²) in [6, 6.07) is 0. The third kappa shape index (κ3) is 45.7. The SMILES string of the molecule is CC\C=C/C=C\C=C/C=C\C=C/CCCC(=O)OC(COC(=O)CC/C=C\C/C=C\CCCCCCCC)COC(=O)CCCCCCCCCCCCCCCCCC. The van der Waals surface area contributed by atoms with Gasteiger partial charge in [-0.2, -0.15) is 0 Å². The molecule has 0 amide bonds. The molecule has 0 fully saturated rings. The summed E-state index contributed by atoms with van der Waals surface area (Å²) in [5.41, 5.74) is 0. The molecule has 0 bridgehead atoms. The molecule has 0 aliphatic heterocycles. The Morgan fingerprint density at radius 2 is 0.767 bits per heavy atom. The summed E-state index contributed by atoms with van der Waals surface area (Å²) in [7, 11) is 0. The van der Waals surface area contributed by atoms with Gasteiger partial charge >= 0.3 is 17.9 Å². The number of unbranched alkanes of at least 4 members (excludes halogenated alkanes) is 22. The van der Waals surface area contributed by atoms with Crippen molar-refractivity contribution in [2.24, 2.45) is 0 Å². The number of carbonyl (C=O) groups excluding carboxylic acids is 3. The number of hydrogen-bond donors (Lipinski definition) is 0. The van der Waals surface area contributed by atoms with Crippen molar-refractivity contribution < 1.29 is 28.6 Å². The van der Waals surface area contributed by atoms with Crippen LogP contribution in [0.4, 0.5) is 0 Å². The van der Waals surface area contributed by atoms with E-state index in [4.69, 9.17) is 14.2 Å². The van der Waals surface area contributed by atoms with Gasteiger partial charge in [0, 0.05) is 19.3 Å². The van der Waals surface area contributed by atoms with Crippen LogP contribution in [0.2, 0.25) is 0 Å². The minimum Gasteiger partial charge on any atom is -0.462 e. The quantitative estimate of drug-likeness (QED) is 0.0200. The highest BCUT2D eigenvalue weighted by Gasteiger charge is 2.19. The molecule has 0 N–H and O–H groups in total. The van der Waals surface area contributed by atoms with Gasteiger partial charge in [-0.3, -0.25) is 14.4 Å². The standard InChI is InChI=1S/C54H90O6/c1-4-7-10-13-16-19-22-25-26-27-30-32-35-38-41-44-47-53(56)59-50-51(60-54(57)48-45-42-39-36-33-29-24-21-18-15-12-9-6-3)49-58-52(55)46-43-40-37-34-31-28-23-20-17-14-11-8-5-2/h9,12,15,18,21,24,28-29,31,33,36-37,39-40,51H,4-8,10-11,13-14,16-17,19-20,22-23,25-27,30,32,34-35,38,41-50H2,1-3H3/b12-9-,18-15-,24-21-,31-28-,33-29-,39-36-,40-37-. The molecule has 0 rings (SSSR count). The summed E-state index contributed by atoms with van der Waals surface area (Å²) in [5, 5.41) is 0. The lowest BCUT2D eigenvalue weighted by Crippen LogP contribution is -2.30. The molecule has 60 heavy (non-hydrogen) atoms. The van der Waals surface area contributed by atoms with Crippen LogP contribution < -0.4 is 0 Å². The minimum atomic E-state index is -0.833. The molecule has 1 unspecified atom stereocenters. The Labute approximate surface area is 369 Å². The average Bonchev–Trinajstić information content (AvgIpc) is 3.24. The normalized spacial score (nSPS) is 12.8. The summed E-state index contributed by atoms with van der Waals surface area (Å²) < 4.78 is 16.6. The predicted octanol–water partition coefficient (Wildman–Crippen LogP) is 16.0. The van der Waals surface area contributed by atoms with E-state index in [2.05, 4.69) is 45.1 Å². The summed E-state index contributed by atoms with van der Waals surface area (Å²) in [6.07, 6.45) is 61.6. The largest absolute Gasteiger partial charge is 0.462 e. The van der Waals surface area contributed by atoms with Gasteiger partial charge < -0.3 is 14.2 Å². The first-order chi connectivity index (χ1) is 29.5. The first-order valence-electron chi connectivity index (χ1n) is 24.7. The van der Waals surface area contributed by atoms with Crippen molar-refractivity contribution >= 4 is 17.9 Å². The molecule has 0 saturated heterocycles. The molecule has 0 aromatic heterocycles. The second kappa shape index (κ2) is 48.3. The molecule has 0 aromatic rings. The molecule has 0 saturated carbocycles. The monoisotopic (exact) mass is 835 g/mol. The fraction of sp³-hybridized carbons (Fsp3) is 0.685. The van der Waals surface area contributed by atoms with E-state index >= 15 is 0 Å². The van der Waals surface area contributed by atoms with E-state index in [-0.39, 0.29) is 38.0 Å². The van der Waals surface area contributed by atoms with Crippen LogP contribution in [0, 0.1) is 0 Å². The highest BCUT2D eigenvalue weighted by Crippen LogP contribution is 2.15. The lowest BCUT2D eigenvalue weighted by atomic mass is 10.0. The van der Waals surface area contributed by atoms with Crippen molar-refractivity contribution in [3.05, 3.63) is 85.1 Å². The molecule has 0 aromatic carbocycles. The third-order valence-corrected chi connectivity index (χ3v) is 10.3. The van der Waals surface area contributed by atoms with Crippen LogP contribution in [0.5, 0.6) is 0 Å². The number of rotatable bonds is 43. The molecular weight excluding hydrogens is 745 g/mol. The smallest absolute Gasteiger partial charge is 0.306 e. The second-order valence-corrected chi connectivity index (χ2v) is 16.1. The number of hydrogen-bond acceptors (Lipinski definition) is 6. The highest BCUT2D eigenvalue weighted by atomic mass is 16.6. The predicted molar refractivity (Wildman–Crippen MR) is 256 cm³/mol. The minimum absolute atomic E-state index is 0.121. The Bertz CT molecular complexity index is 1190. The second-order valence-electron chi connectivity index (χ2n) is 16.1. The van der Waals surface area contributed by atoms with E-state index in [1.54, 1.807) is 0 Å². The van der Waals surface area contributed by atoms with Gasteiger partial charge in [0.2, 0.25) is 0 Å². The van der Waals surface area contributed by atoms with Gasteiger partial charge in [-0.15, -0.1) is 0 Å². The van der Waals surface area contributed by atoms with Crippen molar-refractivity contribution in [3.63, 3.8) is 0 Å². The zero-order chi connectivity index (χ0) is 43.7. The van der Waals surface area contributed by atoms with Crippen LogP contribution in [0.25, 0.3) is 0 Å². The molecular formula is C54H90O6. The Morgan fingerprint density at radius 3 is 1.28 bits per heavy atom. The lowest BCUT2D eigenvalue weighted by molar-refractivity contribution is -0.166. The van der Waals surface area contributed by atoms with Crippen molar-refractivity contribution in [1.82, 2.24) is 0 Å². The van der Waals surface area contributed by atoms with Gasteiger partial charge in [0.15, 0.2) is 6.10 Å². The van der Waals surface area contributed by atoms with Crippen molar-refractivity contribution in [2.75, 3.05) is 13.2 Å². The Kier molecular flexibility index (Phi) is 45.5. The van der Waals surface area contributed by atoms with Crippen LogP contribution in [-0.4, -0.2) is 37.2 Å². The van der Waals surface area contributed by atoms with Crippen LogP contribution in [0.3, 0.4) is 0 Å². The van der Waals surface area contributed by atoms with E-state index in [1.165, 1.54) is 122 Å². The average molecular weight is 835 g/mol. The molecule has 0 spiro atoms. The van der Waals surface area contributed by atoms with Gasteiger partial charge in [0.05, 0.1) is 0 Å². The first kappa shape index (κ1) is 56.6. The van der Waals surface area contributed by atoms with E-state index in [0.717, 1.165) is 44.9 Å². The molecule has 6 nitrogen and oxygen atoms in total. The lowest BCUT2D eigenvalue weighted by Gasteiger charge is -2.18. The zero-order valence-electron chi connectivity index (χ0n) is 38.9. The molecule has 0 aliphatic rings. The summed E-state index contributed by atoms with van der Waals surface area (Å²) in [6.45, 7) is 6.36. The summed E-state index contributed by atoms with van der Waals surface area (Å²) in [4.78, 5) is 37.8. The van der Waals surface area contributed by atoms with Crippen LogP contribution in [0.1, 0.15) is 220 Å². The van der Waals surface area contributed by atoms with Crippen molar-refractivity contribution in [3.8, 4) is 0 Å². The molecule has 0 heterocycles. The summed E-state index contributed by atoms with van der Waals surface area (Å²) >= 11 is 0. The van der Waals surface area contributed by atoms with Gasteiger partial charge in [-0.1, -0.05) is 234 Å². The number of ether oxygens (including phenoxy) is 3. The van der Waals surface area contributed by atoms with Crippen LogP contribution in [-0.2, 0) is 28.6 Å². The highest BCUT2D eigenvalue weighted by molar-refractivity contribution is 5.71. The number of carbonyl (C=O) groups is 3. The maximum absolute atomic E-state index is 12.7. The Hall–Kier alpha value is -3.41. The van der Waals surface area contributed by atoms with Crippen LogP contribution >= 0.6 is 0 Å². The molecule has 0 aliphatic carbocycles. The molecule has 342 valence electrons. The third-order valence-electron chi connectivity index (χ3n) is 10.3. The fourth-order valence-corrected chi connectivity index (χ4v) is 6.58. The topological polar surface area (TPSA) is 78.9 Å². The van der Waals surface area contributed by atoms with Gasteiger partial charge in [-0.25, -0.2) is 0 Å². The molecule has 1 atom stereocenters. The Balaban J connectivity index is 4.52. The van der Waals surface area contributed by atoms with Crippen LogP contribution in [0.15, 0.2) is 85.1 Å². The fourth-order valence-electron chi connectivity index (χ4n) is 6.58. The molecule has 0 radical (unpaired) electrons. The van der Waals surface area contributed by atoms with Gasteiger partial charge in [-0.05, 0) is 51.4 Å². The zero-order valence-corrected chi connectivity index (χ0v) is 38.9.